The van der Waals surface area contributed by atoms with Crippen LogP contribution >= 0.6 is 0 Å². The average Bonchev–Trinajstić information content (AvgIpc) is 2.68. The van der Waals surface area contributed by atoms with Gasteiger partial charge in [-0.1, -0.05) is 92.6 Å². The molecule has 4 aromatic carbocycles. The zero-order chi connectivity index (χ0) is 19.0. The van der Waals surface area contributed by atoms with Gasteiger partial charge >= 0.3 is 0 Å². The molecule has 0 N–H and O–H groups in total. The molecular weight excluding hydrogens is 324 g/mol. The Hall–Kier alpha value is -2.60. The number of fused-ring (bicyclic) bond motifs is 3. The highest BCUT2D eigenvalue weighted by Gasteiger charge is 2.14. The summed E-state index contributed by atoms with van der Waals surface area (Å²) in [5, 5.41) is 5.39. The minimum atomic E-state index is 0.584. The van der Waals surface area contributed by atoms with Crippen LogP contribution in [0.4, 0.5) is 0 Å². The zero-order valence-corrected chi connectivity index (χ0v) is 16.8. The molecule has 0 bridgehead atoms. The minimum Gasteiger partial charge on any atom is -0.0654 e. The Kier molecular flexibility index (Phi) is 4.74. The van der Waals surface area contributed by atoms with Gasteiger partial charge in [-0.3, -0.25) is 0 Å². The lowest BCUT2D eigenvalue weighted by Gasteiger charge is -2.19. The molecule has 136 valence electrons. The first-order valence-electron chi connectivity index (χ1n) is 10.1. The summed E-state index contributed by atoms with van der Waals surface area (Å²) < 4.78 is 0. The first-order valence-corrected chi connectivity index (χ1v) is 10.1. The van der Waals surface area contributed by atoms with Crippen LogP contribution in [0.3, 0.4) is 0 Å². The van der Waals surface area contributed by atoms with Gasteiger partial charge in [0.25, 0.3) is 0 Å². The van der Waals surface area contributed by atoms with E-state index in [2.05, 4.69) is 94.4 Å². The van der Waals surface area contributed by atoms with E-state index < -0.39 is 0 Å². The van der Waals surface area contributed by atoms with E-state index in [-0.39, 0.29) is 0 Å². The van der Waals surface area contributed by atoms with E-state index in [0.29, 0.717) is 5.92 Å². The molecule has 0 saturated heterocycles. The van der Waals surface area contributed by atoms with Crippen molar-refractivity contribution in [3.05, 3.63) is 83.4 Å². The first-order chi connectivity index (χ1) is 13.1. The average molecular weight is 353 g/mol. The summed E-state index contributed by atoms with van der Waals surface area (Å²) in [4.78, 5) is 0. The van der Waals surface area contributed by atoms with E-state index in [1.165, 1.54) is 62.2 Å². The highest BCUT2D eigenvalue weighted by atomic mass is 14.2. The quantitative estimate of drug-likeness (QED) is 0.325. The molecule has 0 aliphatic carbocycles. The van der Waals surface area contributed by atoms with Crippen molar-refractivity contribution < 1.29 is 0 Å². The lowest BCUT2D eigenvalue weighted by molar-refractivity contribution is 0.666. The van der Waals surface area contributed by atoms with Crippen molar-refractivity contribution >= 4 is 21.5 Å². The number of benzene rings is 4. The monoisotopic (exact) mass is 352 g/mol. The molecule has 0 aliphatic heterocycles. The Morgan fingerprint density at radius 2 is 1.48 bits per heavy atom. The van der Waals surface area contributed by atoms with Gasteiger partial charge in [0, 0.05) is 0 Å². The van der Waals surface area contributed by atoms with Gasteiger partial charge in [-0.2, -0.15) is 0 Å². The van der Waals surface area contributed by atoms with Crippen molar-refractivity contribution in [2.75, 3.05) is 0 Å². The van der Waals surface area contributed by atoms with Gasteiger partial charge in [-0.05, 0) is 70.0 Å². The molecule has 0 radical (unpaired) electrons. The van der Waals surface area contributed by atoms with Gasteiger partial charge < -0.3 is 0 Å². The lowest BCUT2D eigenvalue weighted by Crippen LogP contribution is -1.97. The minimum absolute atomic E-state index is 0.584. The maximum absolute atomic E-state index is 2.36. The molecule has 0 nitrogen and oxygen atoms in total. The highest BCUT2D eigenvalue weighted by Crippen LogP contribution is 2.37. The van der Waals surface area contributed by atoms with Crippen molar-refractivity contribution in [1.82, 2.24) is 0 Å². The molecule has 1 atom stereocenters. The van der Waals surface area contributed by atoms with Gasteiger partial charge in [0.2, 0.25) is 0 Å². The Morgan fingerprint density at radius 3 is 2.30 bits per heavy atom. The molecule has 0 fully saturated rings. The van der Waals surface area contributed by atoms with Gasteiger partial charge in [0.15, 0.2) is 0 Å². The topological polar surface area (TPSA) is 0 Å². The summed E-state index contributed by atoms with van der Waals surface area (Å²) in [6.07, 6.45) is 2.45. The summed E-state index contributed by atoms with van der Waals surface area (Å²) in [5.41, 5.74) is 6.92. The normalized spacial score (nSPS) is 12.6. The van der Waals surface area contributed by atoms with Crippen LogP contribution in [0, 0.1) is 13.8 Å². The van der Waals surface area contributed by atoms with Crippen molar-refractivity contribution in [3.8, 4) is 11.1 Å². The van der Waals surface area contributed by atoms with Crippen LogP contribution in [0.5, 0.6) is 0 Å². The van der Waals surface area contributed by atoms with E-state index in [9.17, 15) is 0 Å². The molecule has 27 heavy (non-hydrogen) atoms. The smallest absolute Gasteiger partial charge is 0.0102 e. The number of aryl methyl sites for hydroxylation is 2. The predicted molar refractivity (Wildman–Crippen MR) is 120 cm³/mol. The SMILES string of the molecule is CCCC(C)c1ccccc1-c1ccc2c(ccc3cc(C)ccc32)c1C. The molecule has 0 aliphatic rings. The number of hydrogen-bond donors (Lipinski definition) is 0. The third kappa shape index (κ3) is 3.14. The van der Waals surface area contributed by atoms with Crippen LogP contribution in [0.25, 0.3) is 32.7 Å². The third-order valence-electron chi connectivity index (χ3n) is 5.95. The number of rotatable bonds is 4. The van der Waals surface area contributed by atoms with Gasteiger partial charge in [-0.15, -0.1) is 0 Å². The Balaban J connectivity index is 1.93. The van der Waals surface area contributed by atoms with Crippen molar-refractivity contribution in [1.29, 1.82) is 0 Å². The second-order valence-corrected chi connectivity index (χ2v) is 7.90. The van der Waals surface area contributed by atoms with Crippen LogP contribution in [0.1, 0.15) is 49.3 Å². The van der Waals surface area contributed by atoms with Crippen LogP contribution in [-0.2, 0) is 0 Å². The molecule has 0 amide bonds. The third-order valence-corrected chi connectivity index (χ3v) is 5.95. The van der Waals surface area contributed by atoms with Gasteiger partial charge in [0.05, 0.1) is 0 Å². The van der Waals surface area contributed by atoms with E-state index >= 15 is 0 Å². The van der Waals surface area contributed by atoms with E-state index in [0.717, 1.165) is 0 Å². The van der Waals surface area contributed by atoms with Crippen LogP contribution in [0.15, 0.2) is 66.7 Å². The molecule has 0 saturated carbocycles. The standard InChI is InChI=1S/C27H28/c1-5-8-19(3)22-9-6-7-10-26(22)24-15-16-27-23(20(24)4)14-12-21-17-18(2)11-13-25(21)27/h6-7,9-17,19H,5,8H2,1-4H3. The van der Waals surface area contributed by atoms with Crippen LogP contribution < -0.4 is 0 Å². The van der Waals surface area contributed by atoms with Crippen LogP contribution in [0.2, 0.25) is 0 Å². The lowest BCUT2D eigenvalue weighted by atomic mass is 9.86. The summed E-state index contributed by atoms with van der Waals surface area (Å²) in [7, 11) is 0. The summed E-state index contributed by atoms with van der Waals surface area (Å²) in [6, 6.07) is 24.9. The molecular formula is C27H28. The van der Waals surface area contributed by atoms with Gasteiger partial charge in [0.1, 0.15) is 0 Å². The fourth-order valence-electron chi connectivity index (χ4n) is 4.47. The Morgan fingerprint density at radius 1 is 0.741 bits per heavy atom. The van der Waals surface area contributed by atoms with E-state index in [1.54, 1.807) is 0 Å². The number of hydrogen-bond acceptors (Lipinski definition) is 0. The highest BCUT2D eigenvalue weighted by molar-refractivity contribution is 6.10. The maximum atomic E-state index is 2.36. The molecule has 1 unspecified atom stereocenters. The van der Waals surface area contributed by atoms with Gasteiger partial charge in [-0.25, -0.2) is 0 Å². The predicted octanol–water partition coefficient (Wildman–Crippen LogP) is 8.18. The summed E-state index contributed by atoms with van der Waals surface area (Å²) >= 11 is 0. The van der Waals surface area contributed by atoms with E-state index in [4.69, 9.17) is 0 Å². The molecule has 4 aromatic rings. The second kappa shape index (κ2) is 7.19. The van der Waals surface area contributed by atoms with E-state index in [1.807, 2.05) is 0 Å². The summed E-state index contributed by atoms with van der Waals surface area (Å²) in [5.74, 6) is 0.584. The van der Waals surface area contributed by atoms with Crippen LogP contribution in [-0.4, -0.2) is 0 Å². The molecule has 0 heteroatoms. The maximum Gasteiger partial charge on any atom is -0.0102 e. The summed E-state index contributed by atoms with van der Waals surface area (Å²) in [6.45, 7) is 9.06. The Bertz CT molecular complexity index is 1120. The molecule has 4 rings (SSSR count). The van der Waals surface area contributed by atoms with Crippen molar-refractivity contribution in [3.63, 3.8) is 0 Å². The fourth-order valence-corrected chi connectivity index (χ4v) is 4.47. The fraction of sp³-hybridized carbons (Fsp3) is 0.259. The first kappa shape index (κ1) is 17.8. The molecule has 0 aromatic heterocycles. The zero-order valence-electron chi connectivity index (χ0n) is 16.8. The largest absolute Gasteiger partial charge is 0.0654 e. The van der Waals surface area contributed by atoms with Crippen molar-refractivity contribution in [2.45, 2.75) is 46.5 Å². The molecule has 0 heterocycles. The Labute approximate surface area is 162 Å². The molecule has 0 spiro atoms. The second-order valence-electron chi connectivity index (χ2n) is 7.90. The van der Waals surface area contributed by atoms with Crippen molar-refractivity contribution in [2.24, 2.45) is 0 Å².